The van der Waals surface area contributed by atoms with E-state index in [-0.39, 0.29) is 10.8 Å². The Morgan fingerprint density at radius 1 is 0.303 bits per heavy atom. The summed E-state index contributed by atoms with van der Waals surface area (Å²) in [6.45, 7) is 9.53. The third-order valence-electron chi connectivity index (χ3n) is 14.4. The lowest BCUT2D eigenvalue weighted by Gasteiger charge is -2.29. The lowest BCUT2D eigenvalue weighted by Crippen LogP contribution is -2.17. The minimum atomic E-state index is -0.183. The van der Waals surface area contributed by atoms with Crippen molar-refractivity contribution in [3.8, 4) is 22.3 Å². The molecule has 0 fully saturated rings. The average molecular weight is 847 g/mol. The molecular weight excluding hydrogens is 797 g/mol. The molecule has 66 heavy (non-hydrogen) atoms. The Kier molecular flexibility index (Phi) is 9.22. The fraction of sp³-hybridized carbons (Fsp3) is 0.0938. The van der Waals surface area contributed by atoms with Crippen LogP contribution >= 0.6 is 0 Å². The van der Waals surface area contributed by atoms with Gasteiger partial charge in [-0.25, -0.2) is 0 Å². The van der Waals surface area contributed by atoms with Crippen molar-refractivity contribution in [3.05, 3.63) is 252 Å². The molecule has 0 aliphatic heterocycles. The molecular formula is C64H50N2. The van der Waals surface area contributed by atoms with Gasteiger partial charge in [-0.1, -0.05) is 198 Å². The first-order valence-corrected chi connectivity index (χ1v) is 23.2. The van der Waals surface area contributed by atoms with Crippen molar-refractivity contribution in [2.45, 2.75) is 38.5 Å². The zero-order chi connectivity index (χ0) is 44.6. The second kappa shape index (κ2) is 15.4. The Balaban J connectivity index is 0.854. The van der Waals surface area contributed by atoms with Crippen molar-refractivity contribution in [1.29, 1.82) is 0 Å². The summed E-state index contributed by atoms with van der Waals surface area (Å²) in [4.78, 5) is 4.83. The molecule has 2 aliphatic rings. The first kappa shape index (κ1) is 39.6. The van der Waals surface area contributed by atoms with Gasteiger partial charge in [0.05, 0.1) is 11.4 Å². The van der Waals surface area contributed by atoms with Crippen LogP contribution in [0.15, 0.2) is 218 Å². The van der Waals surface area contributed by atoms with Crippen LogP contribution in [0, 0.1) is 0 Å². The number of fused-ring (bicyclic) bond motifs is 8. The van der Waals surface area contributed by atoms with Crippen LogP contribution in [0.1, 0.15) is 61.1 Å². The molecule has 0 spiro atoms. The molecule has 0 bridgehead atoms. The standard InChI is InChI=1S/C64H50N2/c1-63(2)57-39-43(31-35-53(57)55-37-33-49(41-59(55)63)65(47-21-7-5-8-22-47)61-27-15-19-45-17-11-13-25-51(45)61)29-30-44-32-36-54-56-38-34-50(42-60(56)64(3,4)58(54)40-44)66(48-23-9-6-10-24-48)62-28-16-20-46-18-12-14-26-52(46)62/h5-42H,1-4H3/b30-29+. The normalized spacial score (nSPS) is 13.9. The van der Waals surface area contributed by atoms with E-state index >= 15 is 0 Å². The van der Waals surface area contributed by atoms with Gasteiger partial charge in [0.1, 0.15) is 0 Å². The Morgan fingerprint density at radius 2 is 0.652 bits per heavy atom. The van der Waals surface area contributed by atoms with Crippen molar-refractivity contribution in [1.82, 2.24) is 0 Å². The molecule has 0 amide bonds. The van der Waals surface area contributed by atoms with Gasteiger partial charge in [0.25, 0.3) is 0 Å². The molecule has 0 atom stereocenters. The maximum atomic E-state index is 2.43. The molecule has 0 radical (unpaired) electrons. The van der Waals surface area contributed by atoms with Gasteiger partial charge >= 0.3 is 0 Å². The van der Waals surface area contributed by atoms with E-state index in [2.05, 4.69) is 268 Å². The minimum Gasteiger partial charge on any atom is -0.310 e. The molecule has 0 N–H and O–H groups in total. The zero-order valence-corrected chi connectivity index (χ0v) is 37.8. The zero-order valence-electron chi connectivity index (χ0n) is 37.8. The SMILES string of the molecule is CC1(C)c2cc(/C=C/c3ccc4c(c3)C(C)(C)c3cc(N(c5ccccc5)c5cccc6ccccc56)ccc3-4)ccc2-c2ccc(N(c3ccccc3)c3cccc4ccccc34)cc21. The third-order valence-corrected chi connectivity index (χ3v) is 14.4. The summed E-state index contributed by atoms with van der Waals surface area (Å²) < 4.78 is 0. The fourth-order valence-electron chi connectivity index (χ4n) is 11.0. The van der Waals surface area contributed by atoms with Gasteiger partial charge < -0.3 is 9.80 Å². The van der Waals surface area contributed by atoms with E-state index in [9.17, 15) is 0 Å². The second-order valence-electron chi connectivity index (χ2n) is 19.0. The van der Waals surface area contributed by atoms with E-state index in [1.807, 2.05) is 0 Å². The predicted octanol–water partition coefficient (Wildman–Crippen LogP) is 17.7. The maximum absolute atomic E-state index is 2.43. The van der Waals surface area contributed by atoms with Crippen molar-refractivity contribution >= 4 is 67.8 Å². The van der Waals surface area contributed by atoms with E-state index in [0.29, 0.717) is 0 Å². The fourth-order valence-corrected chi connectivity index (χ4v) is 11.0. The highest BCUT2D eigenvalue weighted by atomic mass is 15.1. The topological polar surface area (TPSA) is 6.48 Å². The highest BCUT2D eigenvalue weighted by molar-refractivity contribution is 6.01. The molecule has 0 saturated carbocycles. The van der Waals surface area contributed by atoms with Crippen LogP contribution in [0.2, 0.25) is 0 Å². The first-order chi connectivity index (χ1) is 32.2. The van der Waals surface area contributed by atoms with Crippen LogP contribution in [0.4, 0.5) is 34.1 Å². The molecule has 10 aromatic carbocycles. The first-order valence-electron chi connectivity index (χ1n) is 23.2. The maximum Gasteiger partial charge on any atom is 0.0540 e. The molecule has 0 heterocycles. The number of benzene rings is 10. The molecule has 0 saturated heterocycles. The Labute approximate surface area is 388 Å². The largest absolute Gasteiger partial charge is 0.310 e. The number of hydrogen-bond acceptors (Lipinski definition) is 2. The summed E-state index contributed by atoms with van der Waals surface area (Å²) >= 11 is 0. The van der Waals surface area contributed by atoms with Crippen LogP contribution in [0.3, 0.4) is 0 Å². The van der Waals surface area contributed by atoms with E-state index in [1.54, 1.807) is 0 Å². The van der Waals surface area contributed by atoms with Crippen LogP contribution in [0.25, 0.3) is 56.0 Å². The van der Waals surface area contributed by atoms with Crippen molar-refractivity contribution in [3.63, 3.8) is 0 Å². The Bertz CT molecular complexity index is 3300. The Hall–Kier alpha value is -7.94. The number of nitrogens with zero attached hydrogens (tertiary/aromatic N) is 2. The minimum absolute atomic E-state index is 0.183. The van der Waals surface area contributed by atoms with Crippen LogP contribution < -0.4 is 9.80 Å². The molecule has 0 aromatic heterocycles. The summed E-state index contributed by atoms with van der Waals surface area (Å²) in [7, 11) is 0. The number of anilines is 6. The summed E-state index contributed by atoms with van der Waals surface area (Å²) in [5, 5.41) is 4.93. The van der Waals surface area contributed by atoms with Crippen molar-refractivity contribution in [2.24, 2.45) is 0 Å². The summed E-state index contributed by atoms with van der Waals surface area (Å²) in [6.07, 6.45) is 4.58. The molecule has 316 valence electrons. The molecule has 10 aromatic rings. The van der Waals surface area contributed by atoms with Gasteiger partial charge in [-0.15, -0.1) is 0 Å². The predicted molar refractivity (Wildman–Crippen MR) is 281 cm³/mol. The van der Waals surface area contributed by atoms with Crippen LogP contribution in [-0.4, -0.2) is 0 Å². The van der Waals surface area contributed by atoms with Gasteiger partial charge in [-0.05, 0) is 127 Å². The number of para-hydroxylation sites is 2. The van der Waals surface area contributed by atoms with E-state index < -0.39 is 0 Å². The second-order valence-corrected chi connectivity index (χ2v) is 19.0. The quantitative estimate of drug-likeness (QED) is 0.141. The van der Waals surface area contributed by atoms with Gasteiger partial charge in [0.2, 0.25) is 0 Å². The lowest BCUT2D eigenvalue weighted by molar-refractivity contribution is 0.660. The van der Waals surface area contributed by atoms with Gasteiger partial charge in [0, 0.05) is 44.4 Å². The van der Waals surface area contributed by atoms with Crippen LogP contribution in [0.5, 0.6) is 0 Å². The highest BCUT2D eigenvalue weighted by Gasteiger charge is 2.38. The average Bonchev–Trinajstić information content (AvgIpc) is 3.72. The molecule has 2 heteroatoms. The summed E-state index contributed by atoms with van der Waals surface area (Å²) in [6, 6.07) is 80.3. The summed E-state index contributed by atoms with van der Waals surface area (Å²) in [5.74, 6) is 0. The van der Waals surface area contributed by atoms with Crippen molar-refractivity contribution in [2.75, 3.05) is 9.80 Å². The van der Waals surface area contributed by atoms with E-state index in [4.69, 9.17) is 0 Å². The van der Waals surface area contributed by atoms with Gasteiger partial charge in [-0.3, -0.25) is 0 Å². The van der Waals surface area contributed by atoms with Crippen LogP contribution in [-0.2, 0) is 10.8 Å². The van der Waals surface area contributed by atoms with Gasteiger partial charge in [-0.2, -0.15) is 0 Å². The smallest absolute Gasteiger partial charge is 0.0540 e. The molecule has 0 unspecified atom stereocenters. The van der Waals surface area contributed by atoms with Gasteiger partial charge in [0.15, 0.2) is 0 Å². The lowest BCUT2D eigenvalue weighted by atomic mass is 9.81. The van der Waals surface area contributed by atoms with E-state index in [1.165, 1.54) is 88.6 Å². The molecule has 12 rings (SSSR count). The highest BCUT2D eigenvalue weighted by Crippen LogP contribution is 2.53. The number of hydrogen-bond donors (Lipinski definition) is 0. The molecule has 2 nitrogen and oxygen atoms in total. The Morgan fingerprint density at radius 3 is 1.08 bits per heavy atom. The summed E-state index contributed by atoms with van der Waals surface area (Å²) in [5.41, 5.74) is 19.7. The molecule has 2 aliphatic carbocycles. The van der Waals surface area contributed by atoms with E-state index in [0.717, 1.165) is 22.7 Å². The monoisotopic (exact) mass is 846 g/mol. The third kappa shape index (κ3) is 6.39. The number of rotatable bonds is 8. The van der Waals surface area contributed by atoms with Crippen molar-refractivity contribution < 1.29 is 0 Å².